The van der Waals surface area contributed by atoms with E-state index in [-0.39, 0.29) is 12.4 Å². The van der Waals surface area contributed by atoms with Gasteiger partial charge in [-0.05, 0) is 26.7 Å². The van der Waals surface area contributed by atoms with Gasteiger partial charge in [-0.25, -0.2) is 0 Å². The molecule has 0 aliphatic carbocycles. The number of allylic oxidation sites excluding steroid dienone is 1. The quantitative estimate of drug-likeness (QED) is 0.231. The Morgan fingerprint density at radius 1 is 0.769 bits per heavy atom. The van der Waals surface area contributed by atoms with Gasteiger partial charge in [0.2, 0.25) is 0 Å². The number of aliphatic hydroxyl groups is 2. The summed E-state index contributed by atoms with van der Waals surface area (Å²) in [5, 5.41) is 17.8. The van der Waals surface area contributed by atoms with E-state index >= 15 is 0 Å². The predicted octanol–water partition coefficient (Wildman–Crippen LogP) is 6.36. The van der Waals surface area contributed by atoms with Crippen LogP contribution in [-0.2, 0) is 4.79 Å². The van der Waals surface area contributed by atoms with Crippen LogP contribution in [0.1, 0.15) is 117 Å². The van der Waals surface area contributed by atoms with Crippen LogP contribution >= 0.6 is 0 Å². The molecule has 0 bridgehead atoms. The lowest BCUT2D eigenvalue weighted by Crippen LogP contribution is -2.06. The van der Waals surface area contributed by atoms with Gasteiger partial charge >= 0.3 is 0 Å². The number of carbonyl (C=O) groups is 1. The van der Waals surface area contributed by atoms with Crippen LogP contribution in [-0.4, -0.2) is 28.7 Å². The lowest BCUT2D eigenvalue weighted by molar-refractivity contribution is -0.114. The summed E-state index contributed by atoms with van der Waals surface area (Å²) in [6.07, 6.45) is 23.4. The van der Waals surface area contributed by atoms with Crippen LogP contribution in [0.2, 0.25) is 0 Å². The molecule has 0 aromatic carbocycles. The van der Waals surface area contributed by atoms with Crippen LogP contribution in [0.3, 0.4) is 0 Å². The van der Waals surface area contributed by atoms with Gasteiger partial charge in [-0.1, -0.05) is 103 Å². The molecule has 0 radical (unpaired) electrons. The summed E-state index contributed by atoms with van der Waals surface area (Å²) in [7, 11) is 0. The Morgan fingerprint density at radius 2 is 1.12 bits per heavy atom. The lowest BCUT2D eigenvalue weighted by atomic mass is 10.0. The van der Waals surface area contributed by atoms with Gasteiger partial charge in [0.05, 0.1) is 12.7 Å². The van der Waals surface area contributed by atoms with Crippen LogP contribution in [0.5, 0.6) is 0 Å². The maximum Gasteiger partial charge on any atom is 0.126 e. The Morgan fingerprint density at radius 3 is 1.46 bits per heavy atom. The molecule has 0 fully saturated rings. The van der Waals surface area contributed by atoms with Crippen molar-refractivity contribution in [1.29, 1.82) is 0 Å². The minimum absolute atomic E-state index is 0.167. The molecule has 0 spiro atoms. The maximum absolute atomic E-state index is 9.44. The van der Waals surface area contributed by atoms with E-state index in [1.165, 1.54) is 104 Å². The first kappa shape index (κ1) is 27.5. The highest BCUT2D eigenvalue weighted by molar-refractivity contribution is 5.72. The summed E-state index contributed by atoms with van der Waals surface area (Å²) in [5.41, 5.74) is 0. The van der Waals surface area contributed by atoms with Gasteiger partial charge in [-0.3, -0.25) is 0 Å². The van der Waals surface area contributed by atoms with Crippen LogP contribution in [0.15, 0.2) is 12.2 Å². The zero-order valence-corrected chi connectivity index (χ0v) is 17.8. The summed E-state index contributed by atoms with van der Waals surface area (Å²) in [5.74, 6) is 0.167. The Labute approximate surface area is 163 Å². The number of aliphatic hydroxyl groups excluding tert-OH is 2. The first-order chi connectivity index (χ1) is 12.5. The van der Waals surface area contributed by atoms with Crippen LogP contribution in [0, 0.1) is 0 Å². The minimum atomic E-state index is -0.674. The molecule has 0 aromatic heterocycles. The summed E-state index contributed by atoms with van der Waals surface area (Å²) in [4.78, 5) is 9.44. The Kier molecular flexibility index (Phi) is 25.8. The second kappa shape index (κ2) is 24.3. The molecule has 0 rings (SSSR count). The van der Waals surface area contributed by atoms with Gasteiger partial charge < -0.3 is 15.0 Å². The molecule has 1 atom stereocenters. The smallest absolute Gasteiger partial charge is 0.126 e. The minimum Gasteiger partial charge on any atom is -0.393 e. The summed E-state index contributed by atoms with van der Waals surface area (Å²) >= 11 is 0. The van der Waals surface area contributed by atoms with Crippen LogP contribution in [0.25, 0.3) is 0 Å². The van der Waals surface area contributed by atoms with E-state index in [1.807, 2.05) is 6.08 Å². The van der Waals surface area contributed by atoms with E-state index in [0.29, 0.717) is 0 Å². The van der Waals surface area contributed by atoms with Crippen molar-refractivity contribution < 1.29 is 15.0 Å². The van der Waals surface area contributed by atoms with Gasteiger partial charge in [0.25, 0.3) is 0 Å². The van der Waals surface area contributed by atoms with Crippen molar-refractivity contribution in [3.05, 3.63) is 12.2 Å². The van der Waals surface area contributed by atoms with E-state index in [4.69, 9.17) is 10.2 Å². The fourth-order valence-corrected chi connectivity index (χ4v) is 2.77. The summed E-state index contributed by atoms with van der Waals surface area (Å²) < 4.78 is 0. The summed E-state index contributed by atoms with van der Waals surface area (Å²) in [6.45, 7) is 5.16. The van der Waals surface area contributed by atoms with Crippen molar-refractivity contribution in [2.75, 3.05) is 6.61 Å². The highest BCUT2D eigenvalue weighted by Gasteiger charge is 1.95. The molecule has 2 N–H and O–H groups in total. The number of Topliss-reactive ketones (excluding diaryl/α,β-unsaturated/α-hetero) is 1. The number of ketones is 1. The first-order valence-corrected chi connectivity index (χ1v) is 11.0. The third kappa shape index (κ3) is 31.1. The summed E-state index contributed by atoms with van der Waals surface area (Å²) in [6, 6.07) is 0. The normalized spacial score (nSPS) is 12.0. The van der Waals surface area contributed by atoms with Crippen molar-refractivity contribution in [2.24, 2.45) is 0 Å². The van der Waals surface area contributed by atoms with E-state index < -0.39 is 6.10 Å². The van der Waals surface area contributed by atoms with E-state index in [0.717, 1.165) is 6.42 Å². The third-order valence-corrected chi connectivity index (χ3v) is 4.27. The number of carbonyl (C=O) groups excluding carboxylic acids is 1. The van der Waals surface area contributed by atoms with Crippen molar-refractivity contribution in [3.63, 3.8) is 0 Å². The van der Waals surface area contributed by atoms with Gasteiger partial charge in [0, 0.05) is 0 Å². The average molecular weight is 371 g/mol. The Bertz CT molecular complexity index is 296. The maximum atomic E-state index is 9.44. The molecule has 0 heterocycles. The molecule has 0 saturated carbocycles. The molecule has 3 heteroatoms. The molecule has 0 aromatic rings. The fraction of sp³-hybridized carbons (Fsp3) is 0.870. The molecule has 3 nitrogen and oxygen atoms in total. The largest absolute Gasteiger partial charge is 0.393 e. The fourth-order valence-electron chi connectivity index (χ4n) is 2.77. The van der Waals surface area contributed by atoms with Crippen molar-refractivity contribution >= 4 is 5.78 Å². The zero-order chi connectivity index (χ0) is 19.9. The first-order valence-electron chi connectivity index (χ1n) is 11.0. The molecule has 1 unspecified atom stereocenters. The molecule has 26 heavy (non-hydrogen) atoms. The highest BCUT2D eigenvalue weighted by atomic mass is 16.3. The predicted molar refractivity (Wildman–Crippen MR) is 114 cm³/mol. The molecular weight excluding hydrogens is 324 g/mol. The Hall–Kier alpha value is -0.670. The van der Waals surface area contributed by atoms with Gasteiger partial charge in [0.1, 0.15) is 5.78 Å². The molecule has 156 valence electrons. The van der Waals surface area contributed by atoms with Crippen molar-refractivity contribution in [1.82, 2.24) is 0 Å². The number of hydrogen-bond donors (Lipinski definition) is 2. The standard InChI is InChI=1S/C20H40O2.C3H6O/c1-2-3-4-5-6-7-8-9-10-11-12-13-14-15-16-17-18-20(22)19-21;1-3(2)4/h17-18,20-22H,2-16,19H2,1H3;1-2H3/b18-17+;. The number of unbranched alkanes of at least 4 members (excludes halogenated alkanes) is 14. The monoisotopic (exact) mass is 370 g/mol. The molecule has 0 aliphatic rings. The topological polar surface area (TPSA) is 57.5 Å². The van der Waals surface area contributed by atoms with Crippen LogP contribution < -0.4 is 0 Å². The van der Waals surface area contributed by atoms with E-state index in [9.17, 15) is 4.79 Å². The average Bonchev–Trinajstić information content (AvgIpc) is 2.60. The van der Waals surface area contributed by atoms with E-state index in [1.54, 1.807) is 6.08 Å². The van der Waals surface area contributed by atoms with Crippen molar-refractivity contribution in [3.8, 4) is 0 Å². The van der Waals surface area contributed by atoms with Crippen molar-refractivity contribution in [2.45, 2.75) is 123 Å². The lowest BCUT2D eigenvalue weighted by Gasteiger charge is -2.03. The second-order valence-corrected chi connectivity index (χ2v) is 7.47. The Balaban J connectivity index is 0. The van der Waals surface area contributed by atoms with E-state index in [2.05, 4.69) is 6.92 Å². The van der Waals surface area contributed by atoms with Gasteiger partial charge in [-0.2, -0.15) is 0 Å². The number of rotatable bonds is 17. The SMILES string of the molecule is CC(C)=O.CCCCCCCCCCCCCCCC/C=C/C(O)CO. The molecule has 0 saturated heterocycles. The number of hydrogen-bond acceptors (Lipinski definition) is 3. The molecular formula is C23H46O3. The van der Waals surface area contributed by atoms with Gasteiger partial charge in [0.15, 0.2) is 0 Å². The molecule has 0 aliphatic heterocycles. The second-order valence-electron chi connectivity index (χ2n) is 7.47. The van der Waals surface area contributed by atoms with Gasteiger partial charge in [-0.15, -0.1) is 0 Å². The zero-order valence-electron chi connectivity index (χ0n) is 17.8. The third-order valence-electron chi connectivity index (χ3n) is 4.27. The molecule has 0 amide bonds. The highest BCUT2D eigenvalue weighted by Crippen LogP contribution is 2.13. The van der Waals surface area contributed by atoms with Crippen LogP contribution in [0.4, 0.5) is 0 Å².